The van der Waals surface area contributed by atoms with Crippen molar-refractivity contribution in [3.63, 3.8) is 0 Å². The Labute approximate surface area is 181 Å². The van der Waals surface area contributed by atoms with Gasteiger partial charge in [0.15, 0.2) is 5.13 Å². The van der Waals surface area contributed by atoms with Gasteiger partial charge in [0.05, 0.1) is 14.6 Å². The number of halogens is 1. The molecule has 0 saturated heterocycles. The second kappa shape index (κ2) is 8.14. The number of hydrogen-bond donors (Lipinski definition) is 1. The number of benzene rings is 1. The van der Waals surface area contributed by atoms with Gasteiger partial charge in [0.1, 0.15) is 10.5 Å². The summed E-state index contributed by atoms with van der Waals surface area (Å²) in [7, 11) is 3.87. The second-order valence-corrected chi connectivity index (χ2v) is 9.18. The highest BCUT2D eigenvalue weighted by molar-refractivity contribution is 7.29. The first-order valence-electron chi connectivity index (χ1n) is 9.17. The molecule has 1 aromatic carbocycles. The molecule has 0 unspecified atom stereocenters. The number of rotatable bonds is 6. The van der Waals surface area contributed by atoms with Crippen LogP contribution in [-0.4, -0.2) is 34.3 Å². The molecule has 0 saturated carbocycles. The molecule has 3 aromatic heterocycles. The largest absolute Gasteiger partial charge is 0.351 e. The number of nitrogens with zero attached hydrogens (tertiary/aromatic N) is 4. The SMILES string of the molecule is CCCN(C)c1nc2sc(C(=O)Nc3ccc(-c4nn(C)cc4Cl)cc3)cc2s1. The maximum atomic E-state index is 12.6. The van der Waals surface area contributed by atoms with Gasteiger partial charge in [-0.15, -0.1) is 11.3 Å². The Balaban J connectivity index is 1.47. The molecular formula is C20H20ClN5OS2. The molecule has 6 nitrogen and oxygen atoms in total. The monoisotopic (exact) mass is 445 g/mol. The van der Waals surface area contributed by atoms with E-state index >= 15 is 0 Å². The van der Waals surface area contributed by atoms with Crippen molar-refractivity contribution in [3.05, 3.63) is 46.4 Å². The van der Waals surface area contributed by atoms with Gasteiger partial charge in [0, 0.05) is 38.1 Å². The maximum absolute atomic E-state index is 12.6. The van der Waals surface area contributed by atoms with Crippen molar-refractivity contribution in [2.45, 2.75) is 13.3 Å². The van der Waals surface area contributed by atoms with E-state index in [-0.39, 0.29) is 5.91 Å². The number of thiophene rings is 1. The Morgan fingerprint density at radius 2 is 2.03 bits per heavy atom. The number of amides is 1. The summed E-state index contributed by atoms with van der Waals surface area (Å²) in [5, 5.41) is 8.89. The highest BCUT2D eigenvalue weighted by Gasteiger charge is 2.16. The van der Waals surface area contributed by atoms with E-state index in [0.29, 0.717) is 9.90 Å². The smallest absolute Gasteiger partial charge is 0.265 e. The molecule has 150 valence electrons. The number of carbonyl (C=O) groups is 1. The topological polar surface area (TPSA) is 63.1 Å². The van der Waals surface area contributed by atoms with Gasteiger partial charge < -0.3 is 10.2 Å². The molecule has 0 aliphatic carbocycles. The number of fused-ring (bicyclic) bond motifs is 1. The van der Waals surface area contributed by atoms with Crippen LogP contribution in [0, 0.1) is 0 Å². The molecule has 4 rings (SSSR count). The zero-order chi connectivity index (χ0) is 20.5. The lowest BCUT2D eigenvalue weighted by Gasteiger charge is -2.13. The van der Waals surface area contributed by atoms with E-state index in [1.807, 2.05) is 44.4 Å². The maximum Gasteiger partial charge on any atom is 0.265 e. The summed E-state index contributed by atoms with van der Waals surface area (Å²) < 4.78 is 2.72. The second-order valence-electron chi connectivity index (χ2n) is 6.73. The molecule has 0 atom stereocenters. The van der Waals surface area contributed by atoms with Gasteiger partial charge in [-0.3, -0.25) is 9.48 Å². The van der Waals surface area contributed by atoms with E-state index < -0.39 is 0 Å². The normalized spacial score (nSPS) is 11.2. The first-order chi connectivity index (χ1) is 13.9. The summed E-state index contributed by atoms with van der Waals surface area (Å²) in [6.07, 6.45) is 2.83. The molecule has 4 aromatic rings. The fourth-order valence-corrected chi connectivity index (χ4v) is 5.37. The van der Waals surface area contributed by atoms with Crippen LogP contribution in [-0.2, 0) is 7.05 Å². The number of anilines is 2. The summed E-state index contributed by atoms with van der Waals surface area (Å²) in [6, 6.07) is 9.41. The highest BCUT2D eigenvalue weighted by Crippen LogP contribution is 2.34. The van der Waals surface area contributed by atoms with Crippen molar-refractivity contribution in [1.82, 2.24) is 14.8 Å². The summed E-state index contributed by atoms with van der Waals surface area (Å²) in [6.45, 7) is 3.11. The molecule has 0 spiro atoms. The number of aryl methyl sites for hydroxylation is 1. The Kier molecular flexibility index (Phi) is 5.58. The van der Waals surface area contributed by atoms with Gasteiger partial charge in [-0.05, 0) is 24.6 Å². The fourth-order valence-electron chi connectivity index (χ4n) is 2.99. The standard InChI is InChI=1S/C20H20ClN5OS2/c1-4-9-25(2)20-23-19-16(29-20)10-15(28-19)18(27)22-13-7-5-12(6-8-13)17-14(21)11-26(3)24-17/h5-8,10-11H,4,9H2,1-3H3,(H,22,27). The van der Waals surface area contributed by atoms with Crippen LogP contribution in [0.5, 0.6) is 0 Å². The summed E-state index contributed by atoms with van der Waals surface area (Å²) >= 11 is 9.23. The molecule has 0 aliphatic rings. The van der Waals surface area contributed by atoms with Crippen molar-refractivity contribution in [3.8, 4) is 11.3 Å². The first-order valence-corrected chi connectivity index (χ1v) is 11.2. The molecule has 9 heteroatoms. The van der Waals surface area contributed by atoms with Crippen molar-refractivity contribution in [1.29, 1.82) is 0 Å². The Hall–Kier alpha value is -2.42. The molecule has 1 N–H and O–H groups in total. The third-order valence-corrected chi connectivity index (χ3v) is 6.94. The number of thiazole rings is 1. The van der Waals surface area contributed by atoms with E-state index in [1.54, 1.807) is 22.2 Å². The molecule has 3 heterocycles. The fraction of sp³-hybridized carbons (Fsp3) is 0.250. The van der Waals surface area contributed by atoms with Crippen LogP contribution >= 0.6 is 34.3 Å². The average Bonchev–Trinajstić information content (AvgIpc) is 3.35. The van der Waals surface area contributed by atoms with Crippen molar-refractivity contribution in [2.75, 3.05) is 23.8 Å². The Morgan fingerprint density at radius 1 is 1.28 bits per heavy atom. The van der Waals surface area contributed by atoms with E-state index in [4.69, 9.17) is 11.6 Å². The van der Waals surface area contributed by atoms with E-state index in [9.17, 15) is 4.79 Å². The molecule has 29 heavy (non-hydrogen) atoms. The minimum Gasteiger partial charge on any atom is -0.351 e. The van der Waals surface area contributed by atoms with Gasteiger partial charge >= 0.3 is 0 Å². The van der Waals surface area contributed by atoms with Crippen molar-refractivity contribution >= 4 is 60.5 Å². The van der Waals surface area contributed by atoms with E-state index in [1.165, 1.54) is 11.3 Å². The number of aromatic nitrogens is 3. The van der Waals surface area contributed by atoms with E-state index in [2.05, 4.69) is 27.2 Å². The van der Waals surface area contributed by atoms with Crippen molar-refractivity contribution < 1.29 is 4.79 Å². The van der Waals surface area contributed by atoms with Crippen molar-refractivity contribution in [2.24, 2.45) is 7.05 Å². The summed E-state index contributed by atoms with van der Waals surface area (Å²) in [4.78, 5) is 21.0. The zero-order valence-corrected chi connectivity index (χ0v) is 18.7. The number of hydrogen-bond acceptors (Lipinski definition) is 6. The average molecular weight is 446 g/mol. The van der Waals surface area contributed by atoms with Gasteiger partial charge in [0.25, 0.3) is 5.91 Å². The predicted molar refractivity (Wildman–Crippen MR) is 123 cm³/mol. The van der Waals surface area contributed by atoms with Crippen LogP contribution in [0.3, 0.4) is 0 Å². The summed E-state index contributed by atoms with van der Waals surface area (Å²) in [5.74, 6) is -0.132. The number of nitrogens with one attached hydrogen (secondary N) is 1. The minimum atomic E-state index is -0.132. The van der Waals surface area contributed by atoms with Crippen LogP contribution in [0.25, 0.3) is 20.8 Å². The lowest BCUT2D eigenvalue weighted by atomic mass is 10.1. The molecule has 0 bridgehead atoms. The zero-order valence-electron chi connectivity index (χ0n) is 16.3. The lowest BCUT2D eigenvalue weighted by molar-refractivity contribution is 0.103. The first kappa shape index (κ1) is 19.9. The molecule has 0 radical (unpaired) electrons. The van der Waals surface area contributed by atoms with Crippen LogP contribution in [0.15, 0.2) is 36.5 Å². The molecule has 0 aliphatic heterocycles. The molecule has 0 fully saturated rings. The van der Waals surface area contributed by atoms with Gasteiger partial charge in [0.2, 0.25) is 0 Å². The van der Waals surface area contributed by atoms with Crippen LogP contribution < -0.4 is 10.2 Å². The Morgan fingerprint density at radius 3 is 2.66 bits per heavy atom. The quantitative estimate of drug-likeness (QED) is 0.425. The van der Waals surface area contributed by atoms with Gasteiger partial charge in [-0.2, -0.15) is 5.10 Å². The lowest BCUT2D eigenvalue weighted by Crippen LogP contribution is -2.17. The van der Waals surface area contributed by atoms with Crippen LogP contribution in [0.1, 0.15) is 23.0 Å². The third kappa shape index (κ3) is 4.14. The Bertz CT molecular complexity index is 1130. The van der Waals surface area contributed by atoms with Crippen LogP contribution in [0.2, 0.25) is 5.02 Å². The van der Waals surface area contributed by atoms with E-state index in [0.717, 1.165) is 44.6 Å². The van der Waals surface area contributed by atoms with Gasteiger partial charge in [-0.25, -0.2) is 4.98 Å². The van der Waals surface area contributed by atoms with Gasteiger partial charge in [-0.1, -0.05) is 42.0 Å². The highest BCUT2D eigenvalue weighted by atomic mass is 35.5. The van der Waals surface area contributed by atoms with Crippen LogP contribution in [0.4, 0.5) is 10.8 Å². The molecule has 1 amide bonds. The summed E-state index contributed by atoms with van der Waals surface area (Å²) in [5.41, 5.74) is 2.34. The minimum absolute atomic E-state index is 0.132. The molecular weight excluding hydrogens is 426 g/mol. The predicted octanol–water partition coefficient (Wildman–Crippen LogP) is 5.51. The third-order valence-electron chi connectivity index (χ3n) is 4.39. The number of carbonyl (C=O) groups excluding carboxylic acids is 1.